The summed E-state index contributed by atoms with van der Waals surface area (Å²) in [6.07, 6.45) is 0.511. The van der Waals surface area contributed by atoms with Gasteiger partial charge < -0.3 is 9.52 Å². The van der Waals surface area contributed by atoms with Gasteiger partial charge in [0.15, 0.2) is 0 Å². The molecule has 21 heavy (non-hydrogen) atoms. The average molecular weight is 366 g/mol. The number of rotatable bonds is 3. The Morgan fingerprint density at radius 3 is 2.71 bits per heavy atom. The second-order valence-electron chi connectivity index (χ2n) is 5.02. The molecule has 0 amide bonds. The molecule has 0 saturated carbocycles. The van der Waals surface area contributed by atoms with E-state index in [0.29, 0.717) is 17.2 Å². The van der Waals surface area contributed by atoms with Gasteiger partial charge in [-0.3, -0.25) is 0 Å². The molecule has 2 nitrogen and oxygen atoms in total. The maximum Gasteiger partial charge on any atom is 0.147 e. The van der Waals surface area contributed by atoms with E-state index < -0.39 is 5.60 Å². The largest absolute Gasteiger partial charge is 0.458 e. The van der Waals surface area contributed by atoms with E-state index >= 15 is 0 Å². The van der Waals surface area contributed by atoms with Crippen molar-refractivity contribution in [1.29, 1.82) is 0 Å². The first-order valence-corrected chi connectivity index (χ1v) is 7.88. The Hall–Kier alpha value is -1.29. The molecule has 0 aliphatic rings. The van der Waals surface area contributed by atoms with E-state index in [2.05, 4.69) is 15.9 Å². The van der Waals surface area contributed by atoms with Crippen LogP contribution in [-0.2, 0) is 5.60 Å². The molecule has 1 N–H and O–H groups in total. The molecule has 0 bridgehead atoms. The summed E-state index contributed by atoms with van der Waals surface area (Å²) in [5.41, 5.74) is 0.357. The second kappa shape index (κ2) is 5.48. The summed E-state index contributed by atoms with van der Waals surface area (Å²) >= 11 is 9.44. The van der Waals surface area contributed by atoms with E-state index in [1.807, 2.05) is 49.4 Å². The fourth-order valence-corrected chi connectivity index (χ4v) is 3.06. The Bertz CT molecular complexity index is 796. The van der Waals surface area contributed by atoms with Gasteiger partial charge in [-0.25, -0.2) is 0 Å². The topological polar surface area (TPSA) is 33.4 Å². The molecule has 3 rings (SSSR count). The van der Waals surface area contributed by atoms with Gasteiger partial charge in [0.2, 0.25) is 0 Å². The Balaban J connectivity index is 2.16. The number of fused-ring (bicyclic) bond motifs is 1. The smallest absolute Gasteiger partial charge is 0.147 e. The number of furan rings is 1. The van der Waals surface area contributed by atoms with Crippen molar-refractivity contribution in [1.82, 2.24) is 0 Å². The van der Waals surface area contributed by atoms with Crippen molar-refractivity contribution < 1.29 is 9.52 Å². The fourth-order valence-electron chi connectivity index (χ4n) is 2.48. The molecule has 0 fully saturated rings. The molecule has 0 aliphatic carbocycles. The third-order valence-electron chi connectivity index (χ3n) is 3.70. The summed E-state index contributed by atoms with van der Waals surface area (Å²) in [6, 6.07) is 14.9. The summed E-state index contributed by atoms with van der Waals surface area (Å²) in [5, 5.41) is 12.6. The molecule has 0 radical (unpaired) electrons. The maximum atomic E-state index is 11.1. The van der Waals surface area contributed by atoms with Crippen molar-refractivity contribution in [2.75, 3.05) is 0 Å². The normalized spacial score (nSPS) is 14.3. The van der Waals surface area contributed by atoms with E-state index in [1.165, 1.54) is 0 Å². The first kappa shape index (κ1) is 14.6. The van der Waals surface area contributed by atoms with Crippen LogP contribution in [0.2, 0.25) is 5.02 Å². The Kier molecular flexibility index (Phi) is 3.82. The standard InChI is InChI=1S/C17H14BrClO2/c1-2-17(20,12-4-3-5-13(18)10-12)16-9-11-8-14(19)6-7-15(11)21-16/h3-10,20H,2H2,1H3. The first-order valence-electron chi connectivity index (χ1n) is 6.71. The van der Waals surface area contributed by atoms with Crippen LogP contribution in [0.3, 0.4) is 0 Å². The van der Waals surface area contributed by atoms with Crippen molar-refractivity contribution in [2.45, 2.75) is 18.9 Å². The molecule has 0 spiro atoms. The minimum absolute atomic E-state index is 0.511. The number of hydrogen-bond donors (Lipinski definition) is 1. The highest BCUT2D eigenvalue weighted by atomic mass is 79.9. The minimum Gasteiger partial charge on any atom is -0.458 e. The lowest BCUT2D eigenvalue weighted by Crippen LogP contribution is -2.25. The molecule has 4 heteroatoms. The van der Waals surface area contributed by atoms with E-state index in [4.69, 9.17) is 16.0 Å². The molecular formula is C17H14BrClO2. The van der Waals surface area contributed by atoms with Gasteiger partial charge in [0.05, 0.1) is 0 Å². The molecule has 0 saturated heterocycles. The second-order valence-corrected chi connectivity index (χ2v) is 6.37. The molecule has 1 unspecified atom stereocenters. The van der Waals surface area contributed by atoms with Gasteiger partial charge in [-0.15, -0.1) is 0 Å². The van der Waals surface area contributed by atoms with Gasteiger partial charge in [0.1, 0.15) is 16.9 Å². The van der Waals surface area contributed by atoms with Crippen LogP contribution in [0.1, 0.15) is 24.7 Å². The quantitative estimate of drug-likeness (QED) is 0.665. The number of aliphatic hydroxyl groups is 1. The predicted molar refractivity (Wildman–Crippen MR) is 88.7 cm³/mol. The molecule has 0 aliphatic heterocycles. The minimum atomic E-state index is -1.16. The average Bonchev–Trinajstić information content (AvgIpc) is 2.89. The number of benzene rings is 2. The molecule has 2 aromatic carbocycles. The Labute approximate surface area is 136 Å². The lowest BCUT2D eigenvalue weighted by Gasteiger charge is -2.25. The highest BCUT2D eigenvalue weighted by Crippen LogP contribution is 2.37. The van der Waals surface area contributed by atoms with E-state index in [1.54, 1.807) is 6.07 Å². The van der Waals surface area contributed by atoms with Crippen molar-refractivity contribution in [2.24, 2.45) is 0 Å². The molecule has 1 aromatic heterocycles. The third kappa shape index (κ3) is 2.61. The molecule has 3 aromatic rings. The highest BCUT2D eigenvalue weighted by molar-refractivity contribution is 9.10. The molecule has 1 atom stereocenters. The van der Waals surface area contributed by atoms with Gasteiger partial charge in [-0.05, 0) is 48.4 Å². The summed E-state index contributed by atoms with van der Waals surface area (Å²) in [5.74, 6) is 0.528. The monoisotopic (exact) mass is 364 g/mol. The fraction of sp³-hybridized carbons (Fsp3) is 0.176. The summed E-state index contributed by atoms with van der Waals surface area (Å²) < 4.78 is 6.77. The van der Waals surface area contributed by atoms with Gasteiger partial charge in [-0.2, -0.15) is 0 Å². The van der Waals surface area contributed by atoms with Gasteiger partial charge in [-0.1, -0.05) is 46.6 Å². The Morgan fingerprint density at radius 2 is 2.00 bits per heavy atom. The van der Waals surface area contributed by atoms with Crippen LogP contribution in [0.5, 0.6) is 0 Å². The first-order chi connectivity index (χ1) is 10.0. The molecule has 1 heterocycles. The van der Waals surface area contributed by atoms with Gasteiger partial charge in [0, 0.05) is 14.9 Å². The lowest BCUT2D eigenvalue weighted by molar-refractivity contribution is 0.0544. The van der Waals surface area contributed by atoms with Crippen LogP contribution in [0.25, 0.3) is 11.0 Å². The van der Waals surface area contributed by atoms with Crippen molar-refractivity contribution in [3.63, 3.8) is 0 Å². The van der Waals surface area contributed by atoms with Crippen LogP contribution in [-0.4, -0.2) is 5.11 Å². The molecular weight excluding hydrogens is 352 g/mol. The SMILES string of the molecule is CCC(O)(c1cccc(Br)c1)c1cc2cc(Cl)ccc2o1. The number of halogens is 2. The van der Waals surface area contributed by atoms with Gasteiger partial charge in [0.25, 0.3) is 0 Å². The van der Waals surface area contributed by atoms with Crippen LogP contribution in [0.4, 0.5) is 0 Å². The van der Waals surface area contributed by atoms with Crippen molar-refractivity contribution in [3.8, 4) is 0 Å². The summed E-state index contributed by atoms with van der Waals surface area (Å²) in [6.45, 7) is 1.93. The highest BCUT2D eigenvalue weighted by Gasteiger charge is 2.33. The zero-order chi connectivity index (χ0) is 15.0. The van der Waals surface area contributed by atoms with E-state index in [0.717, 1.165) is 21.0 Å². The van der Waals surface area contributed by atoms with Crippen molar-refractivity contribution >= 4 is 38.5 Å². The maximum absolute atomic E-state index is 11.1. The summed E-state index contributed by atoms with van der Waals surface area (Å²) in [4.78, 5) is 0. The predicted octanol–water partition coefficient (Wildman–Crippen LogP) is 5.49. The van der Waals surface area contributed by atoms with E-state index in [-0.39, 0.29) is 0 Å². The lowest BCUT2D eigenvalue weighted by atomic mass is 9.88. The number of hydrogen-bond acceptors (Lipinski definition) is 2. The molecule has 108 valence electrons. The van der Waals surface area contributed by atoms with E-state index in [9.17, 15) is 5.11 Å². The van der Waals surface area contributed by atoms with Crippen LogP contribution in [0, 0.1) is 0 Å². The van der Waals surface area contributed by atoms with Gasteiger partial charge >= 0.3 is 0 Å². The summed E-state index contributed by atoms with van der Waals surface area (Å²) in [7, 11) is 0. The van der Waals surface area contributed by atoms with Crippen LogP contribution >= 0.6 is 27.5 Å². The van der Waals surface area contributed by atoms with Crippen molar-refractivity contribution in [3.05, 3.63) is 69.3 Å². The zero-order valence-electron chi connectivity index (χ0n) is 11.4. The zero-order valence-corrected chi connectivity index (χ0v) is 13.8. The van der Waals surface area contributed by atoms with Crippen LogP contribution in [0.15, 0.2) is 57.4 Å². The Morgan fingerprint density at radius 1 is 1.19 bits per heavy atom. The third-order valence-corrected chi connectivity index (χ3v) is 4.43. The van der Waals surface area contributed by atoms with Crippen LogP contribution < -0.4 is 0 Å².